The van der Waals surface area contributed by atoms with Crippen molar-refractivity contribution >= 4 is 20.5 Å². The minimum absolute atomic E-state index is 0.170. The first-order chi connectivity index (χ1) is 14.1. The van der Waals surface area contributed by atoms with Gasteiger partial charge in [0.15, 0.2) is 0 Å². The third-order valence-corrected chi connectivity index (χ3v) is 5.19. The number of carbonyl (C=O) groups is 1. The minimum atomic E-state index is -0.170. The average Bonchev–Trinajstić information content (AvgIpc) is 3.23. The van der Waals surface area contributed by atoms with E-state index in [4.69, 9.17) is 9.47 Å². The molecule has 0 aromatic heterocycles. The van der Waals surface area contributed by atoms with Gasteiger partial charge in [0.05, 0.1) is 13.2 Å². The number of fused-ring (bicyclic) bond motifs is 1. The van der Waals surface area contributed by atoms with E-state index in [0.29, 0.717) is 12.5 Å². The van der Waals surface area contributed by atoms with Crippen LogP contribution in [0.2, 0.25) is 0 Å². The van der Waals surface area contributed by atoms with Gasteiger partial charge in [-0.3, -0.25) is 4.79 Å². The van der Waals surface area contributed by atoms with E-state index < -0.39 is 0 Å². The van der Waals surface area contributed by atoms with Gasteiger partial charge in [-0.25, -0.2) is 0 Å². The molecular weight excluding hydrogens is 379 g/mol. The van der Waals surface area contributed by atoms with E-state index in [1.807, 2.05) is 13.8 Å². The highest BCUT2D eigenvalue weighted by Crippen LogP contribution is 2.37. The van der Waals surface area contributed by atoms with Crippen LogP contribution >= 0.6 is 9.24 Å². The summed E-state index contributed by atoms with van der Waals surface area (Å²) in [4.78, 5) is 10.3. The normalized spacial score (nSPS) is 16.3. The van der Waals surface area contributed by atoms with Crippen LogP contribution in [-0.4, -0.2) is 19.2 Å². The SMILES string of the molecule is CC.CCCCCCOC(C)=O.Pc1ccc2c(c1)C(CC1=CCC=C1)CCO2. The fraction of sp³-hybridized carbons (Fsp3) is 0.560. The standard InChI is InChI=1S/C15H17OP.C8H16O2.C2H6/c17-13-5-6-15-14(10-13)12(7-8-16-15)9-11-3-1-2-4-11;1-3-4-5-6-7-10-8(2)9;1-2/h1,3-6,10,12H,2,7-9,17H2;3-7H2,1-2H3;1-2H3. The Balaban J connectivity index is 0.000000304. The summed E-state index contributed by atoms with van der Waals surface area (Å²) >= 11 is 0. The maximum Gasteiger partial charge on any atom is 0.302 e. The van der Waals surface area contributed by atoms with Gasteiger partial charge in [-0.05, 0) is 54.6 Å². The summed E-state index contributed by atoms with van der Waals surface area (Å²) in [5.41, 5.74) is 2.86. The molecule has 4 heteroatoms. The van der Waals surface area contributed by atoms with Crippen molar-refractivity contribution in [2.75, 3.05) is 13.2 Å². The number of rotatable bonds is 7. The number of benzene rings is 1. The predicted molar refractivity (Wildman–Crippen MR) is 127 cm³/mol. The lowest BCUT2D eigenvalue weighted by atomic mass is 9.87. The van der Waals surface area contributed by atoms with Crippen LogP contribution in [0, 0.1) is 0 Å². The number of hydrogen-bond acceptors (Lipinski definition) is 3. The smallest absolute Gasteiger partial charge is 0.302 e. The van der Waals surface area contributed by atoms with Crippen molar-refractivity contribution < 1.29 is 14.3 Å². The first kappa shape index (κ1) is 25.4. The molecule has 1 aromatic rings. The molecule has 1 heterocycles. The molecule has 1 aromatic carbocycles. The Morgan fingerprint density at radius 3 is 2.69 bits per heavy atom. The van der Waals surface area contributed by atoms with Gasteiger partial charge in [-0.1, -0.05) is 69.9 Å². The lowest BCUT2D eigenvalue weighted by Gasteiger charge is -2.26. The van der Waals surface area contributed by atoms with E-state index in [2.05, 4.69) is 52.6 Å². The number of carbonyl (C=O) groups excluding carboxylic acids is 1. The van der Waals surface area contributed by atoms with Gasteiger partial charge in [0, 0.05) is 6.92 Å². The molecule has 2 unspecified atom stereocenters. The molecule has 1 aliphatic heterocycles. The maximum atomic E-state index is 10.3. The third-order valence-electron chi connectivity index (χ3n) is 4.83. The molecule has 2 aliphatic rings. The van der Waals surface area contributed by atoms with Gasteiger partial charge in [0.2, 0.25) is 0 Å². The Kier molecular flexibility index (Phi) is 13.4. The molecule has 0 N–H and O–H groups in total. The van der Waals surface area contributed by atoms with E-state index in [1.165, 1.54) is 42.6 Å². The van der Waals surface area contributed by atoms with Crippen LogP contribution in [0.3, 0.4) is 0 Å². The molecule has 3 rings (SSSR count). The fourth-order valence-electron chi connectivity index (χ4n) is 3.38. The Bertz CT molecular complexity index is 664. The predicted octanol–water partition coefficient (Wildman–Crippen LogP) is 6.49. The lowest BCUT2D eigenvalue weighted by molar-refractivity contribution is -0.141. The van der Waals surface area contributed by atoms with Crippen LogP contribution in [0.15, 0.2) is 42.0 Å². The van der Waals surface area contributed by atoms with E-state index >= 15 is 0 Å². The van der Waals surface area contributed by atoms with Crippen LogP contribution in [0.4, 0.5) is 0 Å². The molecule has 3 nitrogen and oxygen atoms in total. The van der Waals surface area contributed by atoms with Crippen molar-refractivity contribution in [3.8, 4) is 5.75 Å². The van der Waals surface area contributed by atoms with E-state index in [1.54, 1.807) is 0 Å². The van der Waals surface area contributed by atoms with Gasteiger partial charge in [0.1, 0.15) is 5.75 Å². The van der Waals surface area contributed by atoms with Gasteiger partial charge in [0.25, 0.3) is 0 Å². The molecule has 0 spiro atoms. The average molecular weight is 419 g/mol. The zero-order valence-electron chi connectivity index (χ0n) is 18.7. The zero-order chi connectivity index (χ0) is 21.5. The molecule has 0 bridgehead atoms. The molecule has 162 valence electrons. The van der Waals surface area contributed by atoms with Crippen LogP contribution in [0.25, 0.3) is 0 Å². The number of ether oxygens (including phenoxy) is 2. The summed E-state index contributed by atoms with van der Waals surface area (Å²) in [7, 11) is 2.77. The Morgan fingerprint density at radius 1 is 1.24 bits per heavy atom. The molecule has 0 amide bonds. The van der Waals surface area contributed by atoms with Crippen molar-refractivity contribution in [3.05, 3.63) is 47.6 Å². The third kappa shape index (κ3) is 10.1. The van der Waals surface area contributed by atoms with Gasteiger partial charge in [-0.2, -0.15) is 0 Å². The minimum Gasteiger partial charge on any atom is -0.493 e. The Hall–Kier alpha value is -1.60. The fourth-order valence-corrected chi connectivity index (χ4v) is 3.66. The molecule has 2 atom stereocenters. The molecule has 0 radical (unpaired) electrons. The number of esters is 1. The molecule has 1 aliphatic carbocycles. The first-order valence-electron chi connectivity index (χ1n) is 11.1. The zero-order valence-corrected chi connectivity index (χ0v) is 19.9. The molecule has 0 saturated carbocycles. The van der Waals surface area contributed by atoms with Gasteiger partial charge >= 0.3 is 5.97 Å². The van der Waals surface area contributed by atoms with Gasteiger partial charge < -0.3 is 9.47 Å². The molecule has 0 saturated heterocycles. The summed E-state index contributed by atoms with van der Waals surface area (Å²) < 4.78 is 10.5. The molecular formula is C25H39O3P. The Morgan fingerprint density at radius 2 is 2.03 bits per heavy atom. The highest BCUT2D eigenvalue weighted by Gasteiger charge is 2.22. The second kappa shape index (κ2) is 15.3. The summed E-state index contributed by atoms with van der Waals surface area (Å²) in [6, 6.07) is 6.45. The van der Waals surface area contributed by atoms with Crippen molar-refractivity contribution in [1.82, 2.24) is 0 Å². The van der Waals surface area contributed by atoms with Crippen molar-refractivity contribution in [3.63, 3.8) is 0 Å². The van der Waals surface area contributed by atoms with E-state index in [9.17, 15) is 4.79 Å². The van der Waals surface area contributed by atoms with Crippen molar-refractivity contribution in [2.45, 2.75) is 78.6 Å². The van der Waals surface area contributed by atoms with E-state index in [-0.39, 0.29) is 5.97 Å². The summed E-state index contributed by atoms with van der Waals surface area (Å²) in [5.74, 6) is 1.53. The largest absolute Gasteiger partial charge is 0.493 e. The van der Waals surface area contributed by atoms with Crippen LogP contribution in [0.5, 0.6) is 5.75 Å². The lowest BCUT2D eigenvalue weighted by Crippen LogP contribution is -2.16. The van der Waals surface area contributed by atoms with Gasteiger partial charge in [-0.15, -0.1) is 9.24 Å². The highest BCUT2D eigenvalue weighted by molar-refractivity contribution is 7.27. The Labute approximate surface area is 180 Å². The first-order valence-corrected chi connectivity index (χ1v) is 11.7. The monoisotopic (exact) mass is 418 g/mol. The second-order valence-electron chi connectivity index (χ2n) is 7.15. The molecule has 29 heavy (non-hydrogen) atoms. The van der Waals surface area contributed by atoms with Crippen LogP contribution < -0.4 is 10.0 Å². The van der Waals surface area contributed by atoms with E-state index in [0.717, 1.165) is 38.0 Å². The second-order valence-corrected chi connectivity index (χ2v) is 7.82. The van der Waals surface area contributed by atoms with Crippen molar-refractivity contribution in [1.29, 1.82) is 0 Å². The summed E-state index contributed by atoms with van der Waals surface area (Å²) in [6.07, 6.45) is 14.9. The van der Waals surface area contributed by atoms with Crippen molar-refractivity contribution in [2.24, 2.45) is 0 Å². The van der Waals surface area contributed by atoms with Crippen LogP contribution in [0.1, 0.15) is 84.1 Å². The number of hydrogen-bond donors (Lipinski definition) is 0. The van der Waals surface area contributed by atoms with Crippen LogP contribution in [-0.2, 0) is 9.53 Å². The maximum absolute atomic E-state index is 10.3. The number of allylic oxidation sites excluding steroid dienone is 4. The summed E-state index contributed by atoms with van der Waals surface area (Å²) in [6.45, 7) is 9.05. The topological polar surface area (TPSA) is 35.5 Å². The number of unbranched alkanes of at least 4 members (excludes halogenated alkanes) is 3. The summed E-state index contributed by atoms with van der Waals surface area (Å²) in [5, 5.41) is 1.25. The highest BCUT2D eigenvalue weighted by atomic mass is 31.0. The molecule has 0 fully saturated rings. The quantitative estimate of drug-likeness (QED) is 0.289.